The summed E-state index contributed by atoms with van der Waals surface area (Å²) in [6.45, 7) is -1.69. The van der Waals surface area contributed by atoms with Crippen molar-refractivity contribution in [3.05, 3.63) is 23.6 Å². The van der Waals surface area contributed by atoms with Crippen LogP contribution in [0.1, 0.15) is 10.4 Å². The Balaban J connectivity index is 2.80. The topological polar surface area (TPSA) is 59.4 Å². The Hall–Kier alpha value is -1.86. The molecule has 0 atom stereocenters. The molecule has 4 nitrogen and oxygen atoms in total. The van der Waals surface area contributed by atoms with Crippen LogP contribution in [0.5, 0.6) is 5.88 Å². The van der Waals surface area contributed by atoms with Crippen molar-refractivity contribution in [2.45, 2.75) is 6.18 Å². The van der Waals surface area contributed by atoms with Crippen molar-refractivity contribution in [2.24, 2.45) is 0 Å². The molecule has 0 radical (unpaired) electrons. The summed E-state index contributed by atoms with van der Waals surface area (Å²) in [4.78, 5) is 13.5. The molecule has 0 saturated heterocycles. The van der Waals surface area contributed by atoms with Crippen LogP contribution in [-0.4, -0.2) is 28.8 Å². The van der Waals surface area contributed by atoms with Gasteiger partial charge in [-0.1, -0.05) is 0 Å². The molecule has 0 aliphatic carbocycles. The lowest BCUT2D eigenvalue weighted by Crippen LogP contribution is -2.20. The number of carbonyl (C=O) groups is 1. The van der Waals surface area contributed by atoms with E-state index in [1.165, 1.54) is 0 Å². The third kappa shape index (κ3) is 3.37. The molecule has 0 aliphatic heterocycles. The maximum atomic E-state index is 13.0. The SMILES string of the molecule is O=C(O)c1cnc(OCC(F)(F)F)c(F)c1. The zero-order chi connectivity index (χ0) is 12.3. The highest BCUT2D eigenvalue weighted by Gasteiger charge is 2.29. The molecule has 0 saturated carbocycles. The Labute approximate surface area is 86.5 Å². The van der Waals surface area contributed by atoms with Crippen LogP contribution in [0.4, 0.5) is 17.6 Å². The molecule has 1 N–H and O–H groups in total. The van der Waals surface area contributed by atoms with E-state index in [9.17, 15) is 22.4 Å². The Morgan fingerprint density at radius 3 is 2.56 bits per heavy atom. The molecule has 1 aromatic heterocycles. The molecule has 16 heavy (non-hydrogen) atoms. The third-order valence-corrected chi connectivity index (χ3v) is 1.43. The summed E-state index contributed by atoms with van der Waals surface area (Å²) < 4.78 is 52.1. The Bertz CT molecular complexity index is 405. The maximum absolute atomic E-state index is 13.0. The number of aromatic carboxylic acids is 1. The fourth-order valence-electron chi connectivity index (χ4n) is 0.799. The van der Waals surface area contributed by atoms with E-state index in [1.54, 1.807) is 0 Å². The molecule has 8 heteroatoms. The van der Waals surface area contributed by atoms with E-state index >= 15 is 0 Å². The quantitative estimate of drug-likeness (QED) is 0.818. The smallest absolute Gasteiger partial charge is 0.422 e. The molecule has 0 amide bonds. The van der Waals surface area contributed by atoms with Gasteiger partial charge in [-0.25, -0.2) is 14.2 Å². The van der Waals surface area contributed by atoms with Gasteiger partial charge < -0.3 is 9.84 Å². The number of nitrogens with zero attached hydrogens (tertiary/aromatic N) is 1. The van der Waals surface area contributed by atoms with Gasteiger partial charge in [0, 0.05) is 6.20 Å². The first-order valence-electron chi connectivity index (χ1n) is 3.88. The van der Waals surface area contributed by atoms with Crippen LogP contribution in [0.25, 0.3) is 0 Å². The van der Waals surface area contributed by atoms with E-state index in [-0.39, 0.29) is 0 Å². The standard InChI is InChI=1S/C8H5F4NO3/c9-5-1-4(7(14)15)2-13-6(5)16-3-8(10,11)12/h1-2H,3H2,(H,14,15). The lowest BCUT2D eigenvalue weighted by molar-refractivity contribution is -0.154. The first kappa shape index (κ1) is 12.2. The van der Waals surface area contributed by atoms with Crippen LogP contribution in [0.3, 0.4) is 0 Å². The average Bonchev–Trinajstić information content (AvgIpc) is 2.14. The van der Waals surface area contributed by atoms with Crippen LogP contribution in [-0.2, 0) is 0 Å². The second-order valence-corrected chi connectivity index (χ2v) is 2.72. The average molecular weight is 239 g/mol. The fourth-order valence-corrected chi connectivity index (χ4v) is 0.799. The minimum absolute atomic E-state index is 0.475. The van der Waals surface area contributed by atoms with Gasteiger partial charge >= 0.3 is 12.1 Å². The molecule has 0 aromatic carbocycles. The number of ether oxygens (including phenoxy) is 1. The van der Waals surface area contributed by atoms with Crippen LogP contribution >= 0.6 is 0 Å². The predicted octanol–water partition coefficient (Wildman–Crippen LogP) is 1.86. The molecule has 1 rings (SSSR count). The predicted molar refractivity (Wildman–Crippen MR) is 42.7 cm³/mol. The van der Waals surface area contributed by atoms with Crippen molar-refractivity contribution >= 4 is 5.97 Å². The lowest BCUT2D eigenvalue weighted by atomic mass is 10.3. The number of carboxylic acid groups (broad SMARTS) is 1. The zero-order valence-electron chi connectivity index (χ0n) is 7.58. The van der Waals surface area contributed by atoms with E-state index in [0.717, 1.165) is 0 Å². The number of aromatic nitrogens is 1. The normalized spacial score (nSPS) is 11.2. The summed E-state index contributed by atoms with van der Waals surface area (Å²) in [5.41, 5.74) is -0.475. The zero-order valence-corrected chi connectivity index (χ0v) is 7.58. The number of hydrogen-bond donors (Lipinski definition) is 1. The van der Waals surface area contributed by atoms with E-state index in [2.05, 4.69) is 9.72 Å². The molecule has 1 aromatic rings. The molecule has 88 valence electrons. The number of halogens is 4. The van der Waals surface area contributed by atoms with Crippen molar-refractivity contribution in [1.29, 1.82) is 0 Å². The second kappa shape index (κ2) is 4.33. The van der Waals surface area contributed by atoms with Gasteiger partial charge in [-0.3, -0.25) is 0 Å². The molecule has 0 unspecified atom stereocenters. The van der Waals surface area contributed by atoms with Crippen LogP contribution in [0.15, 0.2) is 12.3 Å². The van der Waals surface area contributed by atoms with Crippen molar-refractivity contribution in [3.8, 4) is 5.88 Å². The molecule has 0 fully saturated rings. The van der Waals surface area contributed by atoms with Crippen molar-refractivity contribution in [1.82, 2.24) is 4.98 Å². The number of rotatable bonds is 3. The first-order chi connectivity index (χ1) is 7.29. The molecular formula is C8H5F4NO3. The highest BCUT2D eigenvalue weighted by atomic mass is 19.4. The number of pyridine rings is 1. The summed E-state index contributed by atoms with van der Waals surface area (Å²) in [7, 11) is 0. The van der Waals surface area contributed by atoms with Crippen molar-refractivity contribution in [3.63, 3.8) is 0 Å². The lowest BCUT2D eigenvalue weighted by Gasteiger charge is -2.08. The van der Waals surface area contributed by atoms with Crippen LogP contribution in [0, 0.1) is 5.82 Å². The van der Waals surface area contributed by atoms with E-state index in [0.29, 0.717) is 12.3 Å². The van der Waals surface area contributed by atoms with Crippen LogP contribution < -0.4 is 4.74 Å². The Morgan fingerprint density at radius 2 is 2.12 bits per heavy atom. The van der Waals surface area contributed by atoms with Crippen molar-refractivity contribution in [2.75, 3.05) is 6.61 Å². The highest BCUT2D eigenvalue weighted by Crippen LogP contribution is 2.19. The largest absolute Gasteiger partial charge is 0.478 e. The van der Waals surface area contributed by atoms with E-state index in [1.807, 2.05) is 0 Å². The summed E-state index contributed by atoms with van der Waals surface area (Å²) in [6, 6.07) is 0.529. The summed E-state index contributed by atoms with van der Waals surface area (Å²) in [5, 5.41) is 8.43. The molecule has 0 aliphatic rings. The fraction of sp³-hybridized carbons (Fsp3) is 0.250. The van der Waals surface area contributed by atoms with E-state index < -0.39 is 36.0 Å². The molecular weight excluding hydrogens is 234 g/mol. The minimum atomic E-state index is -4.61. The molecule has 0 spiro atoms. The monoisotopic (exact) mass is 239 g/mol. The Morgan fingerprint density at radius 1 is 1.50 bits per heavy atom. The van der Waals surface area contributed by atoms with Gasteiger partial charge in [0.15, 0.2) is 12.4 Å². The molecule has 1 heterocycles. The van der Waals surface area contributed by atoms with E-state index in [4.69, 9.17) is 5.11 Å². The van der Waals surface area contributed by atoms with Gasteiger partial charge in [0.2, 0.25) is 0 Å². The highest BCUT2D eigenvalue weighted by molar-refractivity contribution is 5.87. The van der Waals surface area contributed by atoms with Gasteiger partial charge in [-0.05, 0) is 6.07 Å². The van der Waals surface area contributed by atoms with Crippen molar-refractivity contribution < 1.29 is 32.2 Å². The summed E-state index contributed by atoms with van der Waals surface area (Å²) in [5.74, 6) is -3.58. The third-order valence-electron chi connectivity index (χ3n) is 1.43. The number of alkyl halides is 3. The first-order valence-corrected chi connectivity index (χ1v) is 3.88. The maximum Gasteiger partial charge on any atom is 0.422 e. The summed E-state index contributed by atoms with van der Waals surface area (Å²) in [6.07, 6.45) is -3.91. The van der Waals surface area contributed by atoms with Gasteiger partial charge in [0.1, 0.15) is 0 Å². The second-order valence-electron chi connectivity index (χ2n) is 2.72. The van der Waals surface area contributed by atoms with Gasteiger partial charge in [-0.15, -0.1) is 0 Å². The number of hydrogen-bond acceptors (Lipinski definition) is 3. The van der Waals surface area contributed by atoms with Gasteiger partial charge in [0.05, 0.1) is 5.56 Å². The minimum Gasteiger partial charge on any atom is -0.478 e. The van der Waals surface area contributed by atoms with Gasteiger partial charge in [-0.2, -0.15) is 13.2 Å². The molecule has 0 bridgehead atoms. The van der Waals surface area contributed by atoms with Gasteiger partial charge in [0.25, 0.3) is 5.88 Å². The Kier molecular flexibility index (Phi) is 3.31. The summed E-state index contributed by atoms with van der Waals surface area (Å²) >= 11 is 0. The number of carboxylic acids is 1. The van der Waals surface area contributed by atoms with Crippen LogP contribution in [0.2, 0.25) is 0 Å².